The van der Waals surface area contributed by atoms with Gasteiger partial charge in [-0.3, -0.25) is 9.59 Å². The Morgan fingerprint density at radius 3 is 1.50 bits per heavy atom. The van der Waals surface area contributed by atoms with Crippen LogP contribution in [-0.2, 0) is 9.59 Å². The van der Waals surface area contributed by atoms with E-state index in [4.69, 9.17) is 0 Å². The van der Waals surface area contributed by atoms with Crippen molar-refractivity contribution < 1.29 is 9.59 Å². The standard InChI is InChI=1S/C6H10O.C5H10O.CH4/c1-2-6(7)5-3-4-5;1-3-5(6)4-2;/h5H,2-4H2,1H3;3-4H2,1-2H3;1H4. The molecule has 0 aromatic carbocycles. The lowest BCUT2D eigenvalue weighted by Gasteiger charge is -1.84. The molecule has 0 aliphatic heterocycles. The molecule has 0 radical (unpaired) electrons. The summed E-state index contributed by atoms with van der Waals surface area (Å²) in [6, 6.07) is 0. The van der Waals surface area contributed by atoms with E-state index in [0.717, 1.165) is 19.3 Å². The van der Waals surface area contributed by atoms with Gasteiger partial charge in [-0.2, -0.15) is 0 Å². The van der Waals surface area contributed by atoms with Crippen molar-refractivity contribution in [2.45, 2.75) is 60.3 Å². The monoisotopic (exact) mass is 200 g/mol. The SMILES string of the molecule is C.CCC(=O)C1CC1.CCC(=O)CC. The maximum absolute atomic E-state index is 10.6. The summed E-state index contributed by atoms with van der Waals surface area (Å²) in [6.07, 6.45) is 4.44. The van der Waals surface area contributed by atoms with Crippen LogP contribution in [0.4, 0.5) is 0 Å². The Kier molecular flexibility index (Phi) is 10.1. The summed E-state index contributed by atoms with van der Waals surface area (Å²) in [6.45, 7) is 5.69. The van der Waals surface area contributed by atoms with Gasteiger partial charge >= 0.3 is 0 Å². The summed E-state index contributed by atoms with van der Waals surface area (Å²) in [5.74, 6) is 1.28. The van der Waals surface area contributed by atoms with Crippen molar-refractivity contribution >= 4 is 11.6 Å². The van der Waals surface area contributed by atoms with Crippen LogP contribution in [0.1, 0.15) is 60.3 Å². The lowest BCUT2D eigenvalue weighted by atomic mass is 10.2. The molecule has 14 heavy (non-hydrogen) atoms. The molecule has 1 rings (SSSR count). The molecule has 2 nitrogen and oxygen atoms in total. The van der Waals surface area contributed by atoms with Gasteiger partial charge in [-0.1, -0.05) is 28.2 Å². The molecule has 84 valence electrons. The minimum absolute atomic E-state index is 0. The number of Topliss-reactive ketones (excluding diaryl/α,β-unsaturated/α-hetero) is 2. The highest BCUT2D eigenvalue weighted by Crippen LogP contribution is 2.30. The van der Waals surface area contributed by atoms with Crippen LogP contribution in [0.15, 0.2) is 0 Å². The lowest BCUT2D eigenvalue weighted by Crippen LogP contribution is -1.95. The van der Waals surface area contributed by atoms with Crippen LogP contribution < -0.4 is 0 Å². The van der Waals surface area contributed by atoms with Gasteiger partial charge in [0.1, 0.15) is 11.6 Å². The molecule has 0 unspecified atom stereocenters. The van der Waals surface area contributed by atoms with Crippen molar-refractivity contribution in [3.8, 4) is 0 Å². The first kappa shape index (κ1) is 15.8. The quantitative estimate of drug-likeness (QED) is 0.697. The second-order valence-electron chi connectivity index (χ2n) is 3.34. The number of carbonyl (C=O) groups is 2. The highest BCUT2D eigenvalue weighted by Gasteiger charge is 2.27. The minimum Gasteiger partial charge on any atom is -0.300 e. The first-order valence-corrected chi connectivity index (χ1v) is 5.20. The van der Waals surface area contributed by atoms with Crippen molar-refractivity contribution in [3.05, 3.63) is 0 Å². The zero-order chi connectivity index (χ0) is 10.3. The Balaban J connectivity index is 0. The zero-order valence-corrected chi connectivity index (χ0v) is 8.93. The van der Waals surface area contributed by atoms with E-state index in [0.29, 0.717) is 30.3 Å². The smallest absolute Gasteiger partial charge is 0.135 e. The summed E-state index contributed by atoms with van der Waals surface area (Å²) >= 11 is 0. The van der Waals surface area contributed by atoms with E-state index in [1.807, 2.05) is 20.8 Å². The maximum atomic E-state index is 10.6. The third-order valence-corrected chi connectivity index (χ3v) is 2.17. The van der Waals surface area contributed by atoms with Crippen LogP contribution in [0.2, 0.25) is 0 Å². The first-order chi connectivity index (χ1) is 6.15. The molecule has 1 aliphatic rings. The number of hydrogen-bond donors (Lipinski definition) is 0. The second-order valence-corrected chi connectivity index (χ2v) is 3.34. The third kappa shape index (κ3) is 7.96. The van der Waals surface area contributed by atoms with Crippen molar-refractivity contribution in [1.82, 2.24) is 0 Å². The largest absolute Gasteiger partial charge is 0.300 e. The second kappa shape index (κ2) is 8.92. The van der Waals surface area contributed by atoms with E-state index in [-0.39, 0.29) is 7.43 Å². The van der Waals surface area contributed by atoms with Gasteiger partial charge in [-0.05, 0) is 12.8 Å². The molecule has 0 atom stereocenters. The van der Waals surface area contributed by atoms with Crippen LogP contribution in [0.5, 0.6) is 0 Å². The molecule has 0 N–H and O–H groups in total. The minimum atomic E-state index is 0. The fourth-order valence-electron chi connectivity index (χ4n) is 0.944. The van der Waals surface area contributed by atoms with Crippen molar-refractivity contribution in [2.75, 3.05) is 0 Å². The lowest BCUT2D eigenvalue weighted by molar-refractivity contribution is -0.120. The predicted octanol–water partition coefficient (Wildman–Crippen LogP) is 3.39. The van der Waals surface area contributed by atoms with E-state index in [1.54, 1.807) is 0 Å². The first-order valence-electron chi connectivity index (χ1n) is 5.20. The van der Waals surface area contributed by atoms with Crippen LogP contribution in [0.25, 0.3) is 0 Å². The normalized spacial score (nSPS) is 13.4. The van der Waals surface area contributed by atoms with Crippen molar-refractivity contribution in [3.63, 3.8) is 0 Å². The summed E-state index contributed by atoms with van der Waals surface area (Å²) < 4.78 is 0. The number of hydrogen-bond acceptors (Lipinski definition) is 2. The van der Waals surface area contributed by atoms with Gasteiger partial charge in [0.15, 0.2) is 0 Å². The number of carbonyl (C=O) groups excluding carboxylic acids is 2. The average Bonchev–Trinajstić information content (AvgIpc) is 2.99. The summed E-state index contributed by atoms with van der Waals surface area (Å²) in [4.78, 5) is 20.8. The van der Waals surface area contributed by atoms with Gasteiger partial charge < -0.3 is 0 Å². The van der Waals surface area contributed by atoms with E-state index in [1.165, 1.54) is 0 Å². The van der Waals surface area contributed by atoms with Crippen LogP contribution in [0.3, 0.4) is 0 Å². The van der Waals surface area contributed by atoms with Gasteiger partial charge in [0.25, 0.3) is 0 Å². The maximum Gasteiger partial charge on any atom is 0.135 e. The molecule has 1 aliphatic carbocycles. The highest BCUT2D eigenvalue weighted by molar-refractivity contribution is 5.82. The van der Waals surface area contributed by atoms with Gasteiger partial charge in [0.2, 0.25) is 0 Å². The summed E-state index contributed by atoms with van der Waals surface area (Å²) in [5, 5.41) is 0. The molecule has 1 fully saturated rings. The van der Waals surface area contributed by atoms with E-state index >= 15 is 0 Å². The van der Waals surface area contributed by atoms with E-state index in [2.05, 4.69) is 0 Å². The fraction of sp³-hybridized carbons (Fsp3) is 0.833. The zero-order valence-electron chi connectivity index (χ0n) is 8.93. The Labute approximate surface area is 88.1 Å². The third-order valence-electron chi connectivity index (χ3n) is 2.17. The van der Waals surface area contributed by atoms with Crippen LogP contribution >= 0.6 is 0 Å². The molecule has 0 bridgehead atoms. The molecular weight excluding hydrogens is 176 g/mol. The molecule has 0 aromatic rings. The average molecular weight is 200 g/mol. The molecule has 0 amide bonds. The summed E-state index contributed by atoms with van der Waals surface area (Å²) in [5.41, 5.74) is 0. The molecule has 1 saturated carbocycles. The van der Waals surface area contributed by atoms with Crippen LogP contribution in [0, 0.1) is 5.92 Å². The molecule has 0 saturated heterocycles. The Bertz CT molecular complexity index is 163. The number of ketones is 2. The predicted molar refractivity (Wildman–Crippen MR) is 60.3 cm³/mol. The van der Waals surface area contributed by atoms with Crippen molar-refractivity contribution in [2.24, 2.45) is 5.92 Å². The highest BCUT2D eigenvalue weighted by atomic mass is 16.1. The van der Waals surface area contributed by atoms with Gasteiger partial charge in [0, 0.05) is 25.2 Å². The Hall–Kier alpha value is -0.660. The fourth-order valence-corrected chi connectivity index (χ4v) is 0.944. The summed E-state index contributed by atoms with van der Waals surface area (Å²) in [7, 11) is 0. The van der Waals surface area contributed by atoms with Gasteiger partial charge in [-0.15, -0.1) is 0 Å². The molecule has 2 heteroatoms. The molecule has 0 aromatic heterocycles. The Morgan fingerprint density at radius 2 is 1.43 bits per heavy atom. The van der Waals surface area contributed by atoms with Gasteiger partial charge in [0.05, 0.1) is 0 Å². The topological polar surface area (TPSA) is 34.1 Å². The molecule has 0 heterocycles. The van der Waals surface area contributed by atoms with Crippen molar-refractivity contribution in [1.29, 1.82) is 0 Å². The number of rotatable bonds is 4. The van der Waals surface area contributed by atoms with Crippen LogP contribution in [-0.4, -0.2) is 11.6 Å². The van der Waals surface area contributed by atoms with Gasteiger partial charge in [-0.25, -0.2) is 0 Å². The Morgan fingerprint density at radius 1 is 1.00 bits per heavy atom. The molecule has 0 spiro atoms. The van der Waals surface area contributed by atoms with E-state index in [9.17, 15) is 9.59 Å². The van der Waals surface area contributed by atoms with E-state index < -0.39 is 0 Å². The molecular formula is C12H24O2.